The van der Waals surface area contributed by atoms with E-state index in [1.165, 1.54) is 6.26 Å². The fourth-order valence-corrected chi connectivity index (χ4v) is 2.39. The van der Waals surface area contributed by atoms with Gasteiger partial charge in [0.05, 0.1) is 11.8 Å². The molecule has 1 aromatic heterocycles. The van der Waals surface area contributed by atoms with Crippen LogP contribution in [0.5, 0.6) is 0 Å². The van der Waals surface area contributed by atoms with Crippen LogP contribution < -0.4 is 5.32 Å². The van der Waals surface area contributed by atoms with Crippen molar-refractivity contribution >= 4 is 29.3 Å². The Morgan fingerprint density at radius 2 is 2.13 bits per heavy atom. The summed E-state index contributed by atoms with van der Waals surface area (Å²) in [4.78, 5) is 24.1. The summed E-state index contributed by atoms with van der Waals surface area (Å²) in [5.41, 5.74) is 1.82. The van der Waals surface area contributed by atoms with E-state index in [1.807, 2.05) is 6.92 Å². The van der Waals surface area contributed by atoms with E-state index >= 15 is 0 Å². The molecule has 5 nitrogen and oxygen atoms in total. The summed E-state index contributed by atoms with van der Waals surface area (Å²) in [5, 5.41) is 2.74. The zero-order valence-electron chi connectivity index (χ0n) is 13.1. The third-order valence-corrected chi connectivity index (χ3v) is 3.99. The Labute approximate surface area is 139 Å². The molecule has 1 aromatic carbocycles. The summed E-state index contributed by atoms with van der Waals surface area (Å²) >= 11 is 1.71. The molecule has 0 bridgehead atoms. The van der Waals surface area contributed by atoms with Crippen LogP contribution in [-0.2, 0) is 4.74 Å². The molecule has 0 aliphatic heterocycles. The van der Waals surface area contributed by atoms with Crippen LogP contribution in [0.4, 0.5) is 5.69 Å². The first-order chi connectivity index (χ1) is 11.1. The molecule has 0 atom stereocenters. The van der Waals surface area contributed by atoms with Crippen molar-refractivity contribution in [2.45, 2.75) is 13.8 Å². The minimum atomic E-state index is -0.393. The number of thioether (sulfide) groups is 1. The number of rotatable bonds is 7. The number of hydrogen-bond donors (Lipinski definition) is 1. The van der Waals surface area contributed by atoms with E-state index in [-0.39, 0.29) is 11.7 Å². The van der Waals surface area contributed by atoms with Crippen molar-refractivity contribution in [3.63, 3.8) is 0 Å². The van der Waals surface area contributed by atoms with Gasteiger partial charge in [-0.15, -0.1) is 0 Å². The van der Waals surface area contributed by atoms with E-state index in [0.29, 0.717) is 17.9 Å². The number of amides is 1. The predicted octanol–water partition coefficient (Wildman–Crippen LogP) is 3.75. The van der Waals surface area contributed by atoms with Gasteiger partial charge in [0.15, 0.2) is 5.76 Å². The van der Waals surface area contributed by atoms with Crippen molar-refractivity contribution in [3.8, 4) is 0 Å². The lowest BCUT2D eigenvalue weighted by Gasteiger charge is -2.10. The van der Waals surface area contributed by atoms with E-state index in [2.05, 4.69) is 12.2 Å². The van der Waals surface area contributed by atoms with Crippen LogP contribution in [0.2, 0.25) is 0 Å². The summed E-state index contributed by atoms with van der Waals surface area (Å²) in [7, 11) is 0. The second-order valence-electron chi connectivity index (χ2n) is 4.79. The molecule has 122 valence electrons. The summed E-state index contributed by atoms with van der Waals surface area (Å²) in [5.74, 6) is 1.23. The molecule has 0 unspecified atom stereocenters. The fraction of sp³-hybridized carbons (Fsp3) is 0.294. The van der Waals surface area contributed by atoms with Crippen LogP contribution in [0, 0.1) is 6.92 Å². The maximum absolute atomic E-state index is 12.0. The lowest BCUT2D eigenvalue weighted by Crippen LogP contribution is -2.13. The third-order valence-electron chi connectivity index (χ3n) is 3.13. The van der Waals surface area contributed by atoms with Crippen LogP contribution in [0.25, 0.3) is 0 Å². The normalized spacial score (nSPS) is 10.3. The average molecular weight is 333 g/mol. The summed E-state index contributed by atoms with van der Waals surface area (Å²) in [6, 6.07) is 8.30. The third kappa shape index (κ3) is 4.89. The quantitative estimate of drug-likeness (QED) is 0.617. The average Bonchev–Trinajstić information content (AvgIpc) is 3.08. The fourth-order valence-electron chi connectivity index (χ4n) is 1.90. The maximum Gasteiger partial charge on any atom is 0.338 e. The van der Waals surface area contributed by atoms with Crippen LogP contribution in [0.3, 0.4) is 0 Å². The molecule has 0 radical (unpaired) electrons. The largest absolute Gasteiger partial charge is 0.461 e. The molecule has 0 aliphatic carbocycles. The number of carbonyl (C=O) groups excluding carboxylic acids is 2. The molecule has 1 heterocycles. The highest BCUT2D eigenvalue weighted by atomic mass is 32.2. The number of nitrogens with one attached hydrogen (secondary N) is 1. The molecule has 1 N–H and O–H groups in total. The first-order valence-corrected chi connectivity index (χ1v) is 8.47. The van der Waals surface area contributed by atoms with Gasteiger partial charge >= 0.3 is 5.97 Å². The molecule has 2 aromatic rings. The lowest BCUT2D eigenvalue weighted by atomic mass is 10.1. The number of esters is 1. The smallest absolute Gasteiger partial charge is 0.338 e. The number of ether oxygens (including phenoxy) is 1. The lowest BCUT2D eigenvalue weighted by molar-refractivity contribution is 0.0530. The highest BCUT2D eigenvalue weighted by molar-refractivity contribution is 7.99. The molecule has 0 spiro atoms. The van der Waals surface area contributed by atoms with E-state index in [9.17, 15) is 9.59 Å². The SMILES string of the molecule is CCSCCOC(=O)c1ccc(C)c(NC(=O)c2ccco2)c1. The monoisotopic (exact) mass is 333 g/mol. The van der Waals surface area contributed by atoms with Crippen molar-refractivity contribution in [1.82, 2.24) is 0 Å². The zero-order valence-corrected chi connectivity index (χ0v) is 13.9. The first-order valence-electron chi connectivity index (χ1n) is 7.32. The second kappa shape index (κ2) is 8.43. The standard InChI is InChI=1S/C17H19NO4S/c1-3-23-10-9-22-17(20)13-7-6-12(2)14(11-13)18-16(19)15-5-4-8-21-15/h4-8,11H,3,9-10H2,1-2H3,(H,18,19). The minimum Gasteiger partial charge on any atom is -0.461 e. The Balaban J connectivity index is 2.03. The minimum absolute atomic E-state index is 0.217. The van der Waals surface area contributed by atoms with Gasteiger partial charge in [0.2, 0.25) is 0 Å². The number of furan rings is 1. The first kappa shape index (κ1) is 17.1. The van der Waals surface area contributed by atoms with Crippen LogP contribution >= 0.6 is 11.8 Å². The summed E-state index contributed by atoms with van der Waals surface area (Å²) in [6.07, 6.45) is 1.43. The second-order valence-corrected chi connectivity index (χ2v) is 6.19. The number of anilines is 1. The molecule has 1 amide bonds. The van der Waals surface area contributed by atoms with Crippen LogP contribution in [0.15, 0.2) is 41.0 Å². The Kier molecular flexibility index (Phi) is 6.29. The number of aryl methyl sites for hydroxylation is 1. The van der Waals surface area contributed by atoms with Gasteiger partial charge in [0.25, 0.3) is 5.91 Å². The van der Waals surface area contributed by atoms with Gasteiger partial charge < -0.3 is 14.5 Å². The molecule has 0 fully saturated rings. The molecule has 0 saturated carbocycles. The maximum atomic E-state index is 12.0. The molecular formula is C17H19NO4S. The van der Waals surface area contributed by atoms with E-state index in [0.717, 1.165) is 17.1 Å². The van der Waals surface area contributed by atoms with Crippen LogP contribution in [-0.4, -0.2) is 30.0 Å². The van der Waals surface area contributed by atoms with Gasteiger partial charge in [0.1, 0.15) is 6.61 Å². The molecule has 0 aliphatic rings. The number of hydrogen-bond acceptors (Lipinski definition) is 5. The van der Waals surface area contributed by atoms with Gasteiger partial charge in [-0.3, -0.25) is 4.79 Å². The van der Waals surface area contributed by atoms with Gasteiger partial charge in [0, 0.05) is 11.4 Å². The van der Waals surface area contributed by atoms with Gasteiger partial charge in [-0.05, 0) is 42.5 Å². The Hall–Kier alpha value is -2.21. The Morgan fingerprint density at radius 3 is 2.83 bits per heavy atom. The summed E-state index contributed by atoms with van der Waals surface area (Å²) in [6.45, 7) is 4.28. The molecule has 2 rings (SSSR count). The van der Waals surface area contributed by atoms with Crippen molar-refractivity contribution in [2.75, 3.05) is 23.4 Å². The number of carbonyl (C=O) groups is 2. The van der Waals surface area contributed by atoms with Crippen molar-refractivity contribution in [2.24, 2.45) is 0 Å². The molecule has 0 saturated heterocycles. The van der Waals surface area contributed by atoms with E-state index < -0.39 is 5.97 Å². The molecule has 6 heteroatoms. The topological polar surface area (TPSA) is 68.5 Å². The highest BCUT2D eigenvalue weighted by Crippen LogP contribution is 2.19. The van der Waals surface area contributed by atoms with Gasteiger partial charge in [-0.2, -0.15) is 11.8 Å². The summed E-state index contributed by atoms with van der Waals surface area (Å²) < 4.78 is 10.3. The zero-order chi connectivity index (χ0) is 16.7. The van der Waals surface area contributed by atoms with E-state index in [4.69, 9.17) is 9.15 Å². The molecular weight excluding hydrogens is 314 g/mol. The van der Waals surface area contributed by atoms with Gasteiger partial charge in [-0.25, -0.2) is 4.79 Å². The van der Waals surface area contributed by atoms with Gasteiger partial charge in [-0.1, -0.05) is 13.0 Å². The molecule has 23 heavy (non-hydrogen) atoms. The Morgan fingerprint density at radius 1 is 1.30 bits per heavy atom. The predicted molar refractivity (Wildman–Crippen MR) is 91.1 cm³/mol. The van der Waals surface area contributed by atoms with E-state index in [1.54, 1.807) is 42.1 Å². The van der Waals surface area contributed by atoms with Crippen molar-refractivity contribution < 1.29 is 18.7 Å². The number of benzene rings is 1. The van der Waals surface area contributed by atoms with Crippen LogP contribution in [0.1, 0.15) is 33.4 Å². The highest BCUT2D eigenvalue weighted by Gasteiger charge is 2.13. The van der Waals surface area contributed by atoms with Crippen molar-refractivity contribution in [3.05, 3.63) is 53.5 Å². The van der Waals surface area contributed by atoms with Crippen molar-refractivity contribution in [1.29, 1.82) is 0 Å². The Bertz CT molecular complexity index is 667.